The summed E-state index contributed by atoms with van der Waals surface area (Å²) in [6.45, 7) is 3.80. The number of amides is 1. The molecule has 1 amide bonds. The molecule has 140 valence electrons. The SMILES string of the molecule is CCOc1ccc2ccccc2c1C(=O)N1CCc2[nH]c3ccccc3c2C1. The molecule has 0 saturated carbocycles. The minimum atomic E-state index is 0.0381. The summed E-state index contributed by atoms with van der Waals surface area (Å²) in [6, 6.07) is 20.3. The van der Waals surface area contributed by atoms with Crippen LogP contribution in [0.2, 0.25) is 0 Å². The average molecular weight is 370 g/mol. The van der Waals surface area contributed by atoms with Crippen LogP contribution in [-0.4, -0.2) is 28.9 Å². The van der Waals surface area contributed by atoms with Gasteiger partial charge in [0.05, 0.1) is 12.2 Å². The van der Waals surface area contributed by atoms with Crippen LogP contribution in [0.1, 0.15) is 28.5 Å². The van der Waals surface area contributed by atoms with Crippen molar-refractivity contribution in [2.75, 3.05) is 13.2 Å². The molecule has 1 aliphatic heterocycles. The van der Waals surface area contributed by atoms with E-state index < -0.39 is 0 Å². The first-order valence-electron chi connectivity index (χ1n) is 9.78. The number of nitrogens with one attached hydrogen (secondary N) is 1. The summed E-state index contributed by atoms with van der Waals surface area (Å²) >= 11 is 0. The van der Waals surface area contributed by atoms with Gasteiger partial charge in [-0.1, -0.05) is 48.5 Å². The van der Waals surface area contributed by atoms with Crippen molar-refractivity contribution in [2.45, 2.75) is 19.9 Å². The number of fused-ring (bicyclic) bond motifs is 4. The lowest BCUT2D eigenvalue weighted by molar-refractivity contribution is 0.0733. The fraction of sp³-hybridized carbons (Fsp3) is 0.208. The molecule has 2 heterocycles. The molecular formula is C24H22N2O2. The van der Waals surface area contributed by atoms with Crippen LogP contribution < -0.4 is 4.74 Å². The first kappa shape index (κ1) is 16.9. The van der Waals surface area contributed by atoms with E-state index in [-0.39, 0.29) is 5.91 Å². The molecular weight excluding hydrogens is 348 g/mol. The number of benzene rings is 3. The Kier molecular flexibility index (Phi) is 4.05. The molecule has 3 aromatic carbocycles. The van der Waals surface area contributed by atoms with Gasteiger partial charge in [0.1, 0.15) is 5.75 Å². The van der Waals surface area contributed by atoms with E-state index in [9.17, 15) is 4.79 Å². The zero-order valence-corrected chi connectivity index (χ0v) is 15.9. The van der Waals surface area contributed by atoms with Gasteiger partial charge >= 0.3 is 0 Å². The number of para-hydroxylation sites is 1. The molecule has 0 unspecified atom stereocenters. The highest BCUT2D eigenvalue weighted by Crippen LogP contribution is 2.33. The van der Waals surface area contributed by atoms with Gasteiger partial charge in [-0.05, 0) is 29.8 Å². The van der Waals surface area contributed by atoms with E-state index in [1.165, 1.54) is 16.6 Å². The Labute approximate surface area is 163 Å². The predicted molar refractivity (Wildman–Crippen MR) is 112 cm³/mol. The molecule has 4 nitrogen and oxygen atoms in total. The van der Waals surface area contributed by atoms with E-state index in [0.29, 0.717) is 31.0 Å². The van der Waals surface area contributed by atoms with Crippen LogP contribution in [-0.2, 0) is 13.0 Å². The lowest BCUT2D eigenvalue weighted by atomic mass is 10.00. The number of nitrogens with zero attached hydrogens (tertiary/aromatic N) is 1. The van der Waals surface area contributed by atoms with Crippen LogP contribution in [0.5, 0.6) is 5.75 Å². The summed E-state index contributed by atoms with van der Waals surface area (Å²) in [5, 5.41) is 3.21. The van der Waals surface area contributed by atoms with E-state index >= 15 is 0 Å². The number of hydrogen-bond acceptors (Lipinski definition) is 2. The highest BCUT2D eigenvalue weighted by molar-refractivity contribution is 6.09. The van der Waals surface area contributed by atoms with Crippen molar-refractivity contribution in [1.82, 2.24) is 9.88 Å². The molecule has 1 aliphatic rings. The number of rotatable bonds is 3. The van der Waals surface area contributed by atoms with Crippen molar-refractivity contribution in [3.63, 3.8) is 0 Å². The number of carbonyl (C=O) groups excluding carboxylic acids is 1. The number of aromatic nitrogens is 1. The number of hydrogen-bond donors (Lipinski definition) is 1. The molecule has 4 heteroatoms. The van der Waals surface area contributed by atoms with Crippen molar-refractivity contribution in [3.8, 4) is 5.75 Å². The van der Waals surface area contributed by atoms with Gasteiger partial charge in [-0.25, -0.2) is 0 Å². The number of aromatic amines is 1. The molecule has 1 N–H and O–H groups in total. The van der Waals surface area contributed by atoms with E-state index in [1.54, 1.807) is 0 Å². The van der Waals surface area contributed by atoms with Crippen LogP contribution in [0.25, 0.3) is 21.7 Å². The number of H-pyrrole nitrogens is 1. The Hall–Kier alpha value is -3.27. The predicted octanol–water partition coefficient (Wildman–Crippen LogP) is 4.92. The zero-order chi connectivity index (χ0) is 19.1. The third-order valence-electron chi connectivity index (χ3n) is 5.57. The van der Waals surface area contributed by atoms with Gasteiger partial charge in [-0.15, -0.1) is 0 Å². The van der Waals surface area contributed by atoms with Crippen molar-refractivity contribution in [1.29, 1.82) is 0 Å². The van der Waals surface area contributed by atoms with Crippen molar-refractivity contribution in [3.05, 3.63) is 77.5 Å². The first-order valence-corrected chi connectivity index (χ1v) is 9.78. The highest BCUT2D eigenvalue weighted by Gasteiger charge is 2.27. The van der Waals surface area contributed by atoms with Gasteiger partial charge in [-0.2, -0.15) is 0 Å². The fourth-order valence-corrected chi connectivity index (χ4v) is 4.25. The lowest BCUT2D eigenvalue weighted by Crippen LogP contribution is -2.36. The van der Waals surface area contributed by atoms with E-state index in [4.69, 9.17) is 4.74 Å². The van der Waals surface area contributed by atoms with Crippen LogP contribution in [0.4, 0.5) is 0 Å². The summed E-state index contributed by atoms with van der Waals surface area (Å²) in [5.41, 5.74) is 4.28. The second-order valence-corrected chi connectivity index (χ2v) is 7.20. The monoisotopic (exact) mass is 370 g/mol. The largest absolute Gasteiger partial charge is 0.493 e. The standard InChI is InChI=1S/C24H22N2O2/c1-2-28-22-12-11-16-7-3-4-8-17(16)23(22)24(27)26-14-13-21-19(15-26)18-9-5-6-10-20(18)25-21/h3-12,25H,2,13-15H2,1H3. The van der Waals surface area contributed by atoms with Gasteiger partial charge in [0.2, 0.25) is 0 Å². The lowest BCUT2D eigenvalue weighted by Gasteiger charge is -2.28. The summed E-state index contributed by atoms with van der Waals surface area (Å²) in [5.74, 6) is 0.701. The van der Waals surface area contributed by atoms with Crippen molar-refractivity contribution < 1.29 is 9.53 Å². The second-order valence-electron chi connectivity index (χ2n) is 7.20. The van der Waals surface area contributed by atoms with Crippen LogP contribution >= 0.6 is 0 Å². The molecule has 5 rings (SSSR count). The molecule has 0 spiro atoms. The highest BCUT2D eigenvalue weighted by atomic mass is 16.5. The maximum absolute atomic E-state index is 13.6. The maximum atomic E-state index is 13.6. The van der Waals surface area contributed by atoms with Crippen molar-refractivity contribution in [2.24, 2.45) is 0 Å². The first-order chi connectivity index (χ1) is 13.8. The quantitative estimate of drug-likeness (QED) is 0.556. The molecule has 0 fully saturated rings. The smallest absolute Gasteiger partial charge is 0.258 e. The molecule has 28 heavy (non-hydrogen) atoms. The minimum absolute atomic E-state index is 0.0381. The molecule has 0 atom stereocenters. The Morgan fingerprint density at radius 1 is 1.04 bits per heavy atom. The zero-order valence-electron chi connectivity index (χ0n) is 15.9. The molecule has 1 aromatic heterocycles. The normalized spacial score (nSPS) is 13.7. The molecule has 4 aromatic rings. The maximum Gasteiger partial charge on any atom is 0.258 e. The fourth-order valence-electron chi connectivity index (χ4n) is 4.25. The molecule has 0 bridgehead atoms. The van der Waals surface area contributed by atoms with Gasteiger partial charge in [-0.3, -0.25) is 4.79 Å². The van der Waals surface area contributed by atoms with Gasteiger partial charge in [0.25, 0.3) is 5.91 Å². The molecule has 0 saturated heterocycles. The van der Waals surface area contributed by atoms with E-state index in [0.717, 1.165) is 22.7 Å². The van der Waals surface area contributed by atoms with E-state index in [2.05, 4.69) is 23.2 Å². The van der Waals surface area contributed by atoms with Crippen LogP contribution in [0.15, 0.2) is 60.7 Å². The van der Waals surface area contributed by atoms with Crippen molar-refractivity contribution >= 4 is 27.6 Å². The van der Waals surface area contributed by atoms with Gasteiger partial charge in [0.15, 0.2) is 0 Å². The summed E-state index contributed by atoms with van der Waals surface area (Å²) in [6.07, 6.45) is 0.838. The van der Waals surface area contributed by atoms with Crippen LogP contribution in [0, 0.1) is 0 Å². The van der Waals surface area contributed by atoms with Gasteiger partial charge < -0.3 is 14.6 Å². The van der Waals surface area contributed by atoms with E-state index in [1.807, 2.05) is 54.3 Å². The molecule has 0 radical (unpaired) electrons. The van der Waals surface area contributed by atoms with Gasteiger partial charge in [0, 0.05) is 41.7 Å². The van der Waals surface area contributed by atoms with Crippen LogP contribution in [0.3, 0.4) is 0 Å². The number of ether oxygens (including phenoxy) is 1. The summed E-state index contributed by atoms with van der Waals surface area (Å²) in [7, 11) is 0. The Morgan fingerprint density at radius 3 is 2.68 bits per heavy atom. The third-order valence-corrected chi connectivity index (χ3v) is 5.57. The molecule has 0 aliphatic carbocycles. The summed E-state index contributed by atoms with van der Waals surface area (Å²) in [4.78, 5) is 19.1. The Balaban J connectivity index is 1.58. The third kappa shape index (κ3) is 2.64. The Bertz CT molecular complexity index is 1190. The second kappa shape index (κ2) is 6.71. The average Bonchev–Trinajstić information content (AvgIpc) is 3.11. The summed E-state index contributed by atoms with van der Waals surface area (Å²) < 4.78 is 5.83. The Morgan fingerprint density at radius 2 is 1.82 bits per heavy atom. The topological polar surface area (TPSA) is 45.3 Å². The minimum Gasteiger partial charge on any atom is -0.493 e. The number of carbonyl (C=O) groups is 1.